The summed E-state index contributed by atoms with van der Waals surface area (Å²) in [5.74, 6) is -0.225. The van der Waals surface area contributed by atoms with Crippen molar-refractivity contribution >= 4 is 31.9 Å². The van der Waals surface area contributed by atoms with Crippen molar-refractivity contribution in [2.24, 2.45) is 5.73 Å². The van der Waals surface area contributed by atoms with Crippen LogP contribution >= 0.6 is 31.9 Å². The van der Waals surface area contributed by atoms with Gasteiger partial charge in [0.15, 0.2) is 0 Å². The second-order valence-corrected chi connectivity index (χ2v) is 6.02. The van der Waals surface area contributed by atoms with E-state index in [0.717, 1.165) is 20.1 Å². The van der Waals surface area contributed by atoms with E-state index in [1.807, 2.05) is 24.3 Å². The lowest BCUT2D eigenvalue weighted by molar-refractivity contribution is 0.614. The van der Waals surface area contributed by atoms with E-state index in [-0.39, 0.29) is 11.9 Å². The Morgan fingerprint density at radius 1 is 1.00 bits per heavy atom. The zero-order chi connectivity index (χ0) is 13.3. The monoisotopic (exact) mass is 371 g/mol. The molecular weight excluding hydrogens is 361 g/mol. The topological polar surface area (TPSA) is 26.0 Å². The quantitative estimate of drug-likeness (QED) is 0.811. The summed E-state index contributed by atoms with van der Waals surface area (Å²) in [5.41, 5.74) is 8.49. The minimum absolute atomic E-state index is 0.225. The summed E-state index contributed by atoms with van der Waals surface area (Å²) in [6, 6.07) is 10.6. The Bertz CT molecular complexity index is 564. The zero-order valence-corrected chi connectivity index (χ0v) is 12.9. The Morgan fingerprint density at radius 2 is 1.61 bits per heavy atom. The van der Waals surface area contributed by atoms with Crippen LogP contribution in [0, 0.1) is 12.7 Å². The molecule has 94 valence electrons. The fourth-order valence-corrected chi connectivity index (χ4v) is 3.08. The molecule has 0 aliphatic rings. The van der Waals surface area contributed by atoms with Gasteiger partial charge in [-0.25, -0.2) is 4.39 Å². The van der Waals surface area contributed by atoms with E-state index in [1.54, 1.807) is 13.0 Å². The molecule has 1 nitrogen and oxygen atoms in total. The standard InChI is InChI=1S/C14H12Br2FN/c1-8-2-3-9(6-13(8)17)14(18)10-4-11(15)7-12(16)5-10/h2-7,14H,18H2,1H3. The summed E-state index contributed by atoms with van der Waals surface area (Å²) in [6.45, 7) is 1.74. The first-order valence-corrected chi connectivity index (χ1v) is 7.03. The van der Waals surface area contributed by atoms with Gasteiger partial charge >= 0.3 is 0 Å². The first-order valence-electron chi connectivity index (χ1n) is 5.45. The van der Waals surface area contributed by atoms with Crippen LogP contribution in [0.1, 0.15) is 22.7 Å². The smallest absolute Gasteiger partial charge is 0.126 e. The minimum atomic E-state index is -0.339. The fourth-order valence-electron chi connectivity index (χ4n) is 1.75. The average Bonchev–Trinajstić information content (AvgIpc) is 2.30. The predicted molar refractivity (Wildman–Crippen MR) is 79.0 cm³/mol. The molecule has 1 atom stereocenters. The molecule has 0 aliphatic carbocycles. The van der Waals surface area contributed by atoms with Crippen molar-refractivity contribution in [1.29, 1.82) is 0 Å². The number of rotatable bonds is 2. The molecule has 0 bridgehead atoms. The Balaban J connectivity index is 2.40. The van der Waals surface area contributed by atoms with Crippen LogP contribution in [0.15, 0.2) is 45.3 Å². The average molecular weight is 373 g/mol. The third-order valence-corrected chi connectivity index (χ3v) is 3.71. The van der Waals surface area contributed by atoms with E-state index in [4.69, 9.17) is 5.73 Å². The van der Waals surface area contributed by atoms with Crippen LogP contribution in [0.3, 0.4) is 0 Å². The van der Waals surface area contributed by atoms with Gasteiger partial charge in [0.25, 0.3) is 0 Å². The molecule has 4 heteroatoms. The highest BCUT2D eigenvalue weighted by atomic mass is 79.9. The highest BCUT2D eigenvalue weighted by molar-refractivity contribution is 9.11. The predicted octanol–water partition coefficient (Wildman–Crippen LogP) is 4.71. The largest absolute Gasteiger partial charge is 0.320 e. The van der Waals surface area contributed by atoms with E-state index in [0.29, 0.717) is 5.56 Å². The Morgan fingerprint density at radius 3 is 2.17 bits per heavy atom. The molecule has 0 radical (unpaired) electrons. The maximum absolute atomic E-state index is 13.5. The summed E-state index contributed by atoms with van der Waals surface area (Å²) in [4.78, 5) is 0. The maximum atomic E-state index is 13.5. The molecule has 0 aromatic heterocycles. The van der Waals surface area contributed by atoms with Crippen LogP contribution in [0.25, 0.3) is 0 Å². The van der Waals surface area contributed by atoms with E-state index in [1.165, 1.54) is 6.07 Å². The first kappa shape index (κ1) is 13.7. The van der Waals surface area contributed by atoms with Crippen LogP contribution < -0.4 is 5.73 Å². The van der Waals surface area contributed by atoms with Gasteiger partial charge in [-0.2, -0.15) is 0 Å². The van der Waals surface area contributed by atoms with Crippen molar-refractivity contribution in [2.75, 3.05) is 0 Å². The van der Waals surface area contributed by atoms with Crippen molar-refractivity contribution < 1.29 is 4.39 Å². The Kier molecular flexibility index (Phi) is 4.20. The molecule has 0 fully saturated rings. The molecule has 2 N–H and O–H groups in total. The van der Waals surface area contributed by atoms with Crippen LogP contribution in [-0.2, 0) is 0 Å². The van der Waals surface area contributed by atoms with Gasteiger partial charge in [0, 0.05) is 8.95 Å². The molecule has 0 spiro atoms. The van der Waals surface area contributed by atoms with Gasteiger partial charge in [0.2, 0.25) is 0 Å². The van der Waals surface area contributed by atoms with Gasteiger partial charge in [0.05, 0.1) is 6.04 Å². The molecule has 2 rings (SSSR count). The molecule has 0 saturated carbocycles. The highest BCUT2D eigenvalue weighted by Gasteiger charge is 2.12. The van der Waals surface area contributed by atoms with Gasteiger partial charge in [-0.15, -0.1) is 0 Å². The minimum Gasteiger partial charge on any atom is -0.320 e. The van der Waals surface area contributed by atoms with Crippen molar-refractivity contribution in [3.8, 4) is 0 Å². The molecule has 2 aromatic rings. The van der Waals surface area contributed by atoms with Gasteiger partial charge in [-0.1, -0.05) is 44.0 Å². The molecule has 0 heterocycles. The van der Waals surface area contributed by atoms with Crippen molar-refractivity contribution in [2.45, 2.75) is 13.0 Å². The lowest BCUT2D eigenvalue weighted by Gasteiger charge is -2.14. The van der Waals surface area contributed by atoms with Crippen molar-refractivity contribution in [3.63, 3.8) is 0 Å². The number of aryl methyl sites for hydroxylation is 1. The summed E-state index contributed by atoms with van der Waals surface area (Å²) in [5, 5.41) is 0. The normalized spacial score (nSPS) is 12.5. The third kappa shape index (κ3) is 2.99. The molecule has 0 saturated heterocycles. The SMILES string of the molecule is Cc1ccc(C(N)c2cc(Br)cc(Br)c2)cc1F. The Hall–Kier alpha value is -0.710. The fraction of sp³-hybridized carbons (Fsp3) is 0.143. The number of nitrogens with two attached hydrogens (primary N) is 1. The number of hydrogen-bond acceptors (Lipinski definition) is 1. The summed E-state index contributed by atoms with van der Waals surface area (Å²) >= 11 is 6.84. The van der Waals surface area contributed by atoms with Crippen LogP contribution in [0.5, 0.6) is 0 Å². The molecular formula is C14H12Br2FN. The van der Waals surface area contributed by atoms with Crippen LogP contribution in [0.4, 0.5) is 4.39 Å². The van der Waals surface area contributed by atoms with Crippen molar-refractivity contribution in [1.82, 2.24) is 0 Å². The van der Waals surface area contributed by atoms with Crippen LogP contribution in [0.2, 0.25) is 0 Å². The van der Waals surface area contributed by atoms with Crippen LogP contribution in [-0.4, -0.2) is 0 Å². The maximum Gasteiger partial charge on any atom is 0.126 e. The highest BCUT2D eigenvalue weighted by Crippen LogP contribution is 2.27. The van der Waals surface area contributed by atoms with Crippen molar-refractivity contribution in [3.05, 3.63) is 67.9 Å². The number of hydrogen-bond donors (Lipinski definition) is 1. The van der Waals surface area contributed by atoms with Gasteiger partial charge in [0.1, 0.15) is 5.82 Å². The second-order valence-electron chi connectivity index (χ2n) is 4.19. The van der Waals surface area contributed by atoms with E-state index in [2.05, 4.69) is 31.9 Å². The summed E-state index contributed by atoms with van der Waals surface area (Å²) in [7, 11) is 0. The lowest BCUT2D eigenvalue weighted by atomic mass is 9.98. The lowest BCUT2D eigenvalue weighted by Crippen LogP contribution is -2.12. The Labute approximate surface area is 122 Å². The summed E-state index contributed by atoms with van der Waals surface area (Å²) < 4.78 is 15.4. The molecule has 2 aromatic carbocycles. The zero-order valence-electron chi connectivity index (χ0n) is 9.75. The van der Waals surface area contributed by atoms with E-state index >= 15 is 0 Å². The molecule has 1 unspecified atom stereocenters. The third-order valence-electron chi connectivity index (χ3n) is 2.80. The number of benzene rings is 2. The van der Waals surface area contributed by atoms with Gasteiger partial charge < -0.3 is 5.73 Å². The van der Waals surface area contributed by atoms with E-state index in [9.17, 15) is 4.39 Å². The molecule has 18 heavy (non-hydrogen) atoms. The summed E-state index contributed by atoms with van der Waals surface area (Å²) in [6.07, 6.45) is 0. The van der Waals surface area contributed by atoms with Gasteiger partial charge in [-0.05, 0) is 47.9 Å². The molecule has 0 amide bonds. The van der Waals surface area contributed by atoms with Gasteiger partial charge in [-0.3, -0.25) is 0 Å². The van der Waals surface area contributed by atoms with E-state index < -0.39 is 0 Å². The second kappa shape index (κ2) is 5.51. The molecule has 0 aliphatic heterocycles. The first-order chi connectivity index (χ1) is 8.47. The number of halogens is 3.